The molecule has 0 radical (unpaired) electrons. The molecule has 0 spiro atoms. The molecule has 2 aromatic heterocycles. The molecule has 3 heterocycles. The molecule has 0 N–H and O–H groups in total. The average molecular weight is 568 g/mol. The number of aryl methyl sites for hydroxylation is 3. The van der Waals surface area contributed by atoms with E-state index >= 15 is 0 Å². The second-order valence-corrected chi connectivity index (χ2v) is 12.1. The lowest BCUT2D eigenvalue weighted by molar-refractivity contribution is -0.139. The third-order valence-electron chi connectivity index (χ3n) is 7.66. The molecule has 2 aromatic carbocycles. The number of carbonyl (C=O) groups excluding carboxylic acids is 1. The molecule has 4 aromatic rings. The van der Waals surface area contributed by atoms with Gasteiger partial charge in [0.2, 0.25) is 0 Å². The summed E-state index contributed by atoms with van der Waals surface area (Å²) < 4.78 is 9.89. The molecule has 1 aliphatic rings. The molecule has 5 rings (SSSR count). The number of hydrogen-bond donors (Lipinski definition) is 0. The van der Waals surface area contributed by atoms with Crippen LogP contribution < -0.4 is 14.9 Å². The van der Waals surface area contributed by atoms with Crippen LogP contribution in [0.5, 0.6) is 0 Å². The summed E-state index contributed by atoms with van der Waals surface area (Å²) in [6.45, 7) is 16.5. The molecule has 0 fully saturated rings. The summed E-state index contributed by atoms with van der Waals surface area (Å²) in [5.41, 5.74) is 9.50. The quantitative estimate of drug-likeness (QED) is 0.271. The molecular weight excluding hydrogens is 530 g/mol. The topological polar surface area (TPSA) is 65.6 Å². The largest absolute Gasteiger partial charge is 0.463 e. The van der Waals surface area contributed by atoms with Crippen LogP contribution in [-0.2, 0) is 9.53 Å². The minimum absolute atomic E-state index is 0.169. The van der Waals surface area contributed by atoms with Crippen molar-refractivity contribution >= 4 is 23.4 Å². The lowest BCUT2D eigenvalue weighted by atomic mass is 9.93. The van der Waals surface area contributed by atoms with Crippen LogP contribution in [0.25, 0.3) is 11.8 Å². The summed E-state index contributed by atoms with van der Waals surface area (Å²) in [6.07, 6.45) is 1.95. The Morgan fingerprint density at radius 1 is 1.02 bits per heavy atom. The van der Waals surface area contributed by atoms with Gasteiger partial charge in [0, 0.05) is 17.1 Å². The molecule has 212 valence electrons. The van der Waals surface area contributed by atoms with Crippen LogP contribution in [0.1, 0.15) is 78.9 Å². The van der Waals surface area contributed by atoms with Gasteiger partial charge in [-0.25, -0.2) is 9.79 Å². The first-order valence-electron chi connectivity index (χ1n) is 14.1. The van der Waals surface area contributed by atoms with E-state index in [0.717, 1.165) is 28.2 Å². The van der Waals surface area contributed by atoms with E-state index in [1.165, 1.54) is 28.0 Å². The summed E-state index contributed by atoms with van der Waals surface area (Å²) in [6, 6.07) is 16.2. The van der Waals surface area contributed by atoms with Gasteiger partial charge in [-0.15, -0.1) is 0 Å². The lowest BCUT2D eigenvalue weighted by Crippen LogP contribution is -2.39. The Hall–Kier alpha value is -3.97. The third kappa shape index (κ3) is 5.26. The maximum absolute atomic E-state index is 14.1. The molecule has 6 nitrogen and oxygen atoms in total. The first-order chi connectivity index (χ1) is 19.5. The normalized spacial score (nSPS) is 15.3. The van der Waals surface area contributed by atoms with Gasteiger partial charge in [-0.2, -0.15) is 0 Å². The highest BCUT2D eigenvalue weighted by atomic mass is 32.1. The van der Waals surface area contributed by atoms with Gasteiger partial charge < -0.3 is 9.30 Å². The number of allylic oxidation sites excluding steroid dienone is 1. The van der Waals surface area contributed by atoms with Gasteiger partial charge >= 0.3 is 5.97 Å². The van der Waals surface area contributed by atoms with E-state index in [9.17, 15) is 9.59 Å². The van der Waals surface area contributed by atoms with Crippen LogP contribution >= 0.6 is 11.3 Å². The Balaban J connectivity index is 1.68. The van der Waals surface area contributed by atoms with Crippen LogP contribution in [0.2, 0.25) is 0 Å². The maximum atomic E-state index is 14.1. The van der Waals surface area contributed by atoms with Gasteiger partial charge in [-0.3, -0.25) is 9.36 Å². The van der Waals surface area contributed by atoms with E-state index in [2.05, 4.69) is 82.5 Å². The van der Waals surface area contributed by atoms with Gasteiger partial charge in [0.05, 0.1) is 28.5 Å². The first-order valence-corrected chi connectivity index (χ1v) is 14.9. The van der Waals surface area contributed by atoms with Crippen molar-refractivity contribution < 1.29 is 9.53 Å². The number of ether oxygens (including phenoxy) is 1. The van der Waals surface area contributed by atoms with E-state index in [0.29, 0.717) is 26.5 Å². The highest BCUT2D eigenvalue weighted by Crippen LogP contribution is 2.31. The van der Waals surface area contributed by atoms with Gasteiger partial charge in [0.1, 0.15) is 0 Å². The third-order valence-corrected chi connectivity index (χ3v) is 8.64. The maximum Gasteiger partial charge on any atom is 0.338 e. The Kier molecular flexibility index (Phi) is 7.75. The summed E-state index contributed by atoms with van der Waals surface area (Å²) in [7, 11) is 0. The number of benzene rings is 2. The molecule has 7 heteroatoms. The van der Waals surface area contributed by atoms with Crippen molar-refractivity contribution in [2.24, 2.45) is 4.99 Å². The van der Waals surface area contributed by atoms with Crippen molar-refractivity contribution in [1.82, 2.24) is 9.13 Å². The van der Waals surface area contributed by atoms with E-state index in [1.54, 1.807) is 11.5 Å². The monoisotopic (exact) mass is 567 g/mol. The van der Waals surface area contributed by atoms with Crippen molar-refractivity contribution in [3.63, 3.8) is 0 Å². The fourth-order valence-corrected chi connectivity index (χ4v) is 6.76. The Bertz CT molecular complexity index is 1850. The van der Waals surface area contributed by atoms with Gasteiger partial charge in [0.15, 0.2) is 4.80 Å². The molecule has 0 saturated heterocycles. The van der Waals surface area contributed by atoms with Crippen molar-refractivity contribution in [2.75, 3.05) is 6.61 Å². The fraction of sp³-hybridized carbons (Fsp3) is 0.324. The second kappa shape index (κ2) is 11.1. The van der Waals surface area contributed by atoms with Gasteiger partial charge in [-0.05, 0) is 99.6 Å². The zero-order valence-electron chi connectivity index (χ0n) is 25.0. The van der Waals surface area contributed by atoms with Crippen molar-refractivity contribution in [2.45, 2.75) is 67.3 Å². The van der Waals surface area contributed by atoms with Crippen LogP contribution in [0.3, 0.4) is 0 Å². The van der Waals surface area contributed by atoms with Crippen molar-refractivity contribution in [3.05, 3.63) is 119 Å². The number of esters is 1. The number of nitrogens with zero attached hydrogens (tertiary/aromatic N) is 3. The lowest BCUT2D eigenvalue weighted by Gasteiger charge is -2.25. The number of hydrogen-bond acceptors (Lipinski definition) is 5. The molecule has 1 unspecified atom stereocenters. The highest BCUT2D eigenvalue weighted by molar-refractivity contribution is 7.07. The molecule has 0 amide bonds. The standard InChI is InChI=1S/C34H37N3O3S/c1-9-40-33(39)30-23(7)35-34-37(31(30)26-12-10-25(11-13-26)19(2)3)32(38)29(41-34)18-27-17-22(6)36(24(27)8)28-15-20(4)14-21(5)16-28/h10-19,31H,9H2,1-8H3/b29-18+. The summed E-state index contributed by atoms with van der Waals surface area (Å²) >= 11 is 1.35. The van der Waals surface area contributed by atoms with Crippen LogP contribution in [-0.4, -0.2) is 21.7 Å². The fourth-order valence-electron chi connectivity index (χ4n) is 5.72. The zero-order valence-corrected chi connectivity index (χ0v) is 25.8. The summed E-state index contributed by atoms with van der Waals surface area (Å²) in [5.74, 6) is -0.0754. The first kappa shape index (κ1) is 28.6. The second-order valence-electron chi connectivity index (χ2n) is 11.1. The minimum atomic E-state index is -0.614. The number of fused-ring (bicyclic) bond motifs is 1. The highest BCUT2D eigenvalue weighted by Gasteiger charge is 2.33. The summed E-state index contributed by atoms with van der Waals surface area (Å²) in [4.78, 5) is 32.6. The van der Waals surface area contributed by atoms with Crippen molar-refractivity contribution in [1.29, 1.82) is 0 Å². The molecule has 41 heavy (non-hydrogen) atoms. The smallest absolute Gasteiger partial charge is 0.338 e. The number of thiazole rings is 1. The Morgan fingerprint density at radius 2 is 1.68 bits per heavy atom. The van der Waals surface area contributed by atoms with Gasteiger partial charge in [0.25, 0.3) is 5.56 Å². The number of carbonyl (C=O) groups is 1. The van der Waals surface area contributed by atoms with Gasteiger partial charge in [-0.1, -0.05) is 55.5 Å². The molecule has 1 atom stereocenters. The van der Waals surface area contributed by atoms with E-state index in [1.807, 2.05) is 25.1 Å². The predicted octanol–water partition coefficient (Wildman–Crippen LogP) is 5.95. The molecule has 0 aliphatic carbocycles. The summed E-state index contributed by atoms with van der Waals surface area (Å²) in [5, 5.41) is 0. The van der Waals surface area contributed by atoms with Crippen LogP contribution in [0, 0.1) is 27.7 Å². The SMILES string of the molecule is CCOC(=O)C1=C(C)N=c2s/c(=C/c3cc(C)n(-c4cc(C)cc(C)c4)c3C)c(=O)n2C1c1ccc(C(C)C)cc1. The zero-order chi connectivity index (χ0) is 29.6. The van der Waals surface area contributed by atoms with E-state index in [4.69, 9.17) is 9.73 Å². The van der Waals surface area contributed by atoms with E-state index in [-0.39, 0.29) is 12.2 Å². The van der Waals surface area contributed by atoms with Crippen molar-refractivity contribution in [3.8, 4) is 5.69 Å². The minimum Gasteiger partial charge on any atom is -0.463 e. The van der Waals surface area contributed by atoms with Crippen LogP contribution in [0.15, 0.2) is 69.6 Å². The average Bonchev–Trinajstić information content (AvgIpc) is 3.36. The predicted molar refractivity (Wildman–Crippen MR) is 166 cm³/mol. The Labute approximate surface area is 245 Å². The molecule has 0 saturated carbocycles. The molecule has 1 aliphatic heterocycles. The Morgan fingerprint density at radius 3 is 2.29 bits per heavy atom. The van der Waals surface area contributed by atoms with Crippen LogP contribution in [0.4, 0.5) is 0 Å². The molecule has 0 bridgehead atoms. The van der Waals surface area contributed by atoms with E-state index < -0.39 is 12.0 Å². The number of rotatable bonds is 6. The molecular formula is C34H37N3O3S. The number of aromatic nitrogens is 2.